The highest BCUT2D eigenvalue weighted by Gasteiger charge is 2.27. The Morgan fingerprint density at radius 3 is 2.05 bits per heavy atom. The molecule has 1 fully saturated rings. The van der Waals surface area contributed by atoms with E-state index in [1.807, 2.05) is 6.92 Å². The average molecular weight is 535 g/mol. The van der Waals surface area contributed by atoms with Gasteiger partial charge in [-0.1, -0.05) is 37.6 Å². The summed E-state index contributed by atoms with van der Waals surface area (Å²) in [5.41, 5.74) is 0.128. The smallest absolute Gasteiger partial charge is 0.201 e. The van der Waals surface area contributed by atoms with E-state index in [4.69, 9.17) is 4.74 Å². The minimum absolute atomic E-state index is 0.0615. The van der Waals surface area contributed by atoms with E-state index in [0.29, 0.717) is 31.2 Å². The molecule has 1 aliphatic carbocycles. The molecule has 0 unspecified atom stereocenters. The van der Waals surface area contributed by atoms with E-state index >= 15 is 0 Å². The molecule has 7 heteroatoms. The molecule has 1 aliphatic rings. The number of rotatable bonds is 9. The molecule has 1 saturated carbocycles. The normalized spacial score (nSPS) is 17.6. The fraction of sp³-hybridized carbons (Fsp3) is 0.419. The standard InChI is InChI=1S/C31H32F6O/c1-3-4-17-38-25-16-15-24(30(36)31(25)37)23-14-12-21(27(33)29(23)35)11-8-19-6-9-20(10-7-19)22-13-5-18(2)26(32)28(22)34/h5,12-16,19-20H,3-4,6-11,17H2,1-2H3. The molecule has 3 aromatic rings. The first kappa shape index (κ1) is 28.1. The lowest BCUT2D eigenvalue weighted by atomic mass is 9.76. The number of hydrogen-bond donors (Lipinski definition) is 0. The van der Waals surface area contributed by atoms with Crippen LogP contribution in [0.5, 0.6) is 5.75 Å². The van der Waals surface area contributed by atoms with Crippen LogP contribution in [0.4, 0.5) is 26.3 Å². The maximum Gasteiger partial charge on any atom is 0.201 e. The van der Waals surface area contributed by atoms with Crippen LogP contribution in [0.25, 0.3) is 11.1 Å². The summed E-state index contributed by atoms with van der Waals surface area (Å²) in [6.45, 7) is 3.70. The van der Waals surface area contributed by atoms with Gasteiger partial charge in [0.05, 0.1) is 6.61 Å². The largest absolute Gasteiger partial charge is 0.490 e. The van der Waals surface area contributed by atoms with Crippen LogP contribution < -0.4 is 4.74 Å². The van der Waals surface area contributed by atoms with Gasteiger partial charge in [-0.25, -0.2) is 22.0 Å². The van der Waals surface area contributed by atoms with Crippen molar-refractivity contribution in [1.29, 1.82) is 0 Å². The average Bonchev–Trinajstić information content (AvgIpc) is 2.92. The van der Waals surface area contributed by atoms with Crippen LogP contribution in [-0.4, -0.2) is 6.61 Å². The minimum Gasteiger partial charge on any atom is -0.490 e. The molecular weight excluding hydrogens is 502 g/mol. The number of unbranched alkanes of at least 4 members (excludes halogenated alkanes) is 1. The molecule has 0 radical (unpaired) electrons. The molecule has 4 rings (SSSR count). The molecule has 0 aliphatic heterocycles. The van der Waals surface area contributed by atoms with Gasteiger partial charge < -0.3 is 4.74 Å². The van der Waals surface area contributed by atoms with Crippen LogP contribution in [0.1, 0.15) is 74.5 Å². The first-order valence-corrected chi connectivity index (χ1v) is 13.2. The highest BCUT2D eigenvalue weighted by atomic mass is 19.2. The molecular formula is C31H32F6O. The van der Waals surface area contributed by atoms with Crippen LogP contribution in [0, 0.1) is 47.7 Å². The Morgan fingerprint density at radius 1 is 0.711 bits per heavy atom. The van der Waals surface area contributed by atoms with E-state index in [1.54, 1.807) is 12.1 Å². The summed E-state index contributed by atoms with van der Waals surface area (Å²) in [4.78, 5) is 0. The predicted molar refractivity (Wildman–Crippen MR) is 136 cm³/mol. The van der Waals surface area contributed by atoms with Crippen LogP contribution in [0.3, 0.4) is 0 Å². The van der Waals surface area contributed by atoms with Crippen LogP contribution in [0.2, 0.25) is 0 Å². The molecule has 0 saturated heterocycles. The molecule has 204 valence electrons. The van der Waals surface area contributed by atoms with Gasteiger partial charge >= 0.3 is 0 Å². The van der Waals surface area contributed by atoms with Crippen molar-refractivity contribution >= 4 is 0 Å². The first-order valence-electron chi connectivity index (χ1n) is 13.2. The third kappa shape index (κ3) is 5.87. The number of benzene rings is 3. The summed E-state index contributed by atoms with van der Waals surface area (Å²) in [6.07, 6.45) is 5.35. The van der Waals surface area contributed by atoms with E-state index in [0.717, 1.165) is 19.3 Å². The fourth-order valence-electron chi connectivity index (χ4n) is 5.27. The molecule has 0 spiro atoms. The van der Waals surface area contributed by atoms with Gasteiger partial charge in [0.15, 0.2) is 34.8 Å². The molecule has 0 amide bonds. The summed E-state index contributed by atoms with van der Waals surface area (Å²) in [7, 11) is 0. The maximum absolute atomic E-state index is 15.0. The zero-order valence-corrected chi connectivity index (χ0v) is 21.7. The Morgan fingerprint density at radius 2 is 1.37 bits per heavy atom. The Labute approximate surface area is 219 Å². The second-order valence-electron chi connectivity index (χ2n) is 10.2. The van der Waals surface area contributed by atoms with E-state index in [1.165, 1.54) is 31.2 Å². The summed E-state index contributed by atoms with van der Waals surface area (Å²) >= 11 is 0. The van der Waals surface area contributed by atoms with Gasteiger partial charge in [0.2, 0.25) is 5.82 Å². The van der Waals surface area contributed by atoms with Crippen molar-refractivity contribution in [2.45, 2.75) is 71.1 Å². The SMILES string of the molecule is CCCCOc1ccc(-c2ccc(CCC3CCC(c4ccc(C)c(F)c4F)CC3)c(F)c2F)c(F)c1F. The Hall–Kier alpha value is -2.96. The van der Waals surface area contributed by atoms with E-state index < -0.39 is 34.9 Å². The first-order chi connectivity index (χ1) is 18.2. The molecule has 38 heavy (non-hydrogen) atoms. The number of halogens is 6. The maximum atomic E-state index is 15.0. The second kappa shape index (κ2) is 12.3. The van der Waals surface area contributed by atoms with Crippen molar-refractivity contribution in [3.63, 3.8) is 0 Å². The Bertz CT molecular complexity index is 1280. The van der Waals surface area contributed by atoms with Crippen molar-refractivity contribution in [3.8, 4) is 16.9 Å². The highest BCUT2D eigenvalue weighted by Crippen LogP contribution is 2.40. The quantitative estimate of drug-likeness (QED) is 0.196. The van der Waals surface area contributed by atoms with Crippen molar-refractivity contribution in [1.82, 2.24) is 0 Å². The van der Waals surface area contributed by atoms with Crippen molar-refractivity contribution in [2.24, 2.45) is 5.92 Å². The summed E-state index contributed by atoms with van der Waals surface area (Å²) in [5, 5.41) is 0. The van der Waals surface area contributed by atoms with Gasteiger partial charge in [-0.2, -0.15) is 4.39 Å². The van der Waals surface area contributed by atoms with Gasteiger partial charge in [0.1, 0.15) is 0 Å². The van der Waals surface area contributed by atoms with Crippen molar-refractivity contribution in [2.75, 3.05) is 6.61 Å². The molecule has 0 bridgehead atoms. The zero-order valence-electron chi connectivity index (χ0n) is 21.7. The van der Waals surface area contributed by atoms with Crippen LogP contribution >= 0.6 is 0 Å². The molecule has 0 atom stereocenters. The van der Waals surface area contributed by atoms with Gasteiger partial charge in [-0.3, -0.25) is 0 Å². The zero-order chi connectivity index (χ0) is 27.4. The number of hydrogen-bond acceptors (Lipinski definition) is 1. The summed E-state index contributed by atoms with van der Waals surface area (Å²) in [6, 6.07) is 8.35. The van der Waals surface area contributed by atoms with Crippen molar-refractivity contribution in [3.05, 3.63) is 88.0 Å². The number of ether oxygens (including phenoxy) is 1. The monoisotopic (exact) mass is 534 g/mol. The molecule has 0 aromatic heterocycles. The van der Waals surface area contributed by atoms with E-state index in [2.05, 4.69) is 0 Å². The third-order valence-corrected chi connectivity index (χ3v) is 7.67. The third-order valence-electron chi connectivity index (χ3n) is 7.67. The van der Waals surface area contributed by atoms with Crippen molar-refractivity contribution < 1.29 is 31.1 Å². The second-order valence-corrected chi connectivity index (χ2v) is 10.2. The van der Waals surface area contributed by atoms with Gasteiger partial charge in [0, 0.05) is 11.1 Å². The lowest BCUT2D eigenvalue weighted by Gasteiger charge is -2.29. The summed E-state index contributed by atoms with van der Waals surface area (Å²) < 4.78 is 92.6. The van der Waals surface area contributed by atoms with Crippen LogP contribution in [0.15, 0.2) is 36.4 Å². The predicted octanol–water partition coefficient (Wildman–Crippen LogP) is 9.58. The van der Waals surface area contributed by atoms with Crippen LogP contribution in [-0.2, 0) is 6.42 Å². The Balaban J connectivity index is 1.39. The number of aryl methyl sites for hydroxylation is 2. The van der Waals surface area contributed by atoms with Gasteiger partial charge in [-0.15, -0.1) is 0 Å². The van der Waals surface area contributed by atoms with E-state index in [9.17, 15) is 26.3 Å². The Kier molecular flexibility index (Phi) is 9.06. The molecule has 0 N–H and O–H groups in total. The molecule has 3 aromatic carbocycles. The molecule has 1 nitrogen and oxygen atoms in total. The molecule has 0 heterocycles. The lowest BCUT2D eigenvalue weighted by molar-refractivity contribution is 0.289. The fourth-order valence-corrected chi connectivity index (χ4v) is 5.27. The topological polar surface area (TPSA) is 9.23 Å². The summed E-state index contributed by atoms with van der Waals surface area (Å²) in [5.74, 6) is -6.46. The minimum atomic E-state index is -1.29. The van der Waals surface area contributed by atoms with Gasteiger partial charge in [0.25, 0.3) is 0 Å². The highest BCUT2D eigenvalue weighted by molar-refractivity contribution is 5.66. The van der Waals surface area contributed by atoms with E-state index in [-0.39, 0.29) is 52.9 Å². The lowest BCUT2D eigenvalue weighted by Crippen LogP contribution is -2.16. The van der Waals surface area contributed by atoms with Gasteiger partial charge in [-0.05, 0) is 92.5 Å².